The lowest BCUT2D eigenvalue weighted by molar-refractivity contribution is 0.0947. The van der Waals surface area contributed by atoms with Gasteiger partial charge in [-0.1, -0.05) is 12.1 Å². The van der Waals surface area contributed by atoms with E-state index in [1.165, 1.54) is 33.5 Å². The van der Waals surface area contributed by atoms with Crippen molar-refractivity contribution in [2.75, 3.05) is 21.3 Å². The molecule has 122 valence electrons. The van der Waals surface area contributed by atoms with Gasteiger partial charge >= 0.3 is 0 Å². The molecule has 2 aromatic rings. The number of hydrogen-bond acceptors (Lipinski definition) is 4. The minimum atomic E-state index is -0.355. The van der Waals surface area contributed by atoms with Gasteiger partial charge in [0.1, 0.15) is 5.82 Å². The maximum absolute atomic E-state index is 13.2. The van der Waals surface area contributed by atoms with Crippen LogP contribution in [0.3, 0.4) is 0 Å². The standard InChI is InChI=1S/C17H18FNO4/c1-21-14-8-7-13(15(22-2)16(14)23-3)17(20)19-10-11-5-4-6-12(18)9-11/h4-9H,10H2,1-3H3,(H,19,20). The number of ether oxygens (including phenoxy) is 3. The van der Waals surface area contributed by atoms with Crippen molar-refractivity contribution in [3.8, 4) is 17.2 Å². The number of carbonyl (C=O) groups is 1. The van der Waals surface area contributed by atoms with Gasteiger partial charge in [0.05, 0.1) is 26.9 Å². The zero-order valence-corrected chi connectivity index (χ0v) is 13.2. The van der Waals surface area contributed by atoms with Crippen molar-refractivity contribution < 1.29 is 23.4 Å². The number of rotatable bonds is 6. The first-order chi connectivity index (χ1) is 11.1. The minimum Gasteiger partial charge on any atom is -0.493 e. The van der Waals surface area contributed by atoms with E-state index in [0.29, 0.717) is 22.6 Å². The van der Waals surface area contributed by atoms with Crippen molar-refractivity contribution in [2.45, 2.75) is 6.54 Å². The van der Waals surface area contributed by atoms with E-state index < -0.39 is 0 Å². The average molecular weight is 319 g/mol. The predicted molar refractivity (Wildman–Crippen MR) is 83.7 cm³/mol. The van der Waals surface area contributed by atoms with Crippen LogP contribution >= 0.6 is 0 Å². The van der Waals surface area contributed by atoms with Crippen LogP contribution in [0.25, 0.3) is 0 Å². The van der Waals surface area contributed by atoms with Gasteiger partial charge in [0.2, 0.25) is 5.75 Å². The van der Waals surface area contributed by atoms with Gasteiger partial charge in [0, 0.05) is 6.54 Å². The largest absolute Gasteiger partial charge is 0.493 e. The normalized spacial score (nSPS) is 10.1. The second kappa shape index (κ2) is 7.49. The third kappa shape index (κ3) is 3.71. The van der Waals surface area contributed by atoms with Gasteiger partial charge in [0.15, 0.2) is 11.5 Å². The summed E-state index contributed by atoms with van der Waals surface area (Å²) in [5.74, 6) is 0.385. The molecule has 23 heavy (non-hydrogen) atoms. The third-order valence-corrected chi connectivity index (χ3v) is 3.29. The Labute approximate surface area is 134 Å². The summed E-state index contributed by atoms with van der Waals surface area (Å²) in [4.78, 5) is 12.4. The smallest absolute Gasteiger partial charge is 0.255 e. The van der Waals surface area contributed by atoms with Crippen molar-refractivity contribution in [1.82, 2.24) is 5.32 Å². The fraction of sp³-hybridized carbons (Fsp3) is 0.235. The Morgan fingerprint density at radius 3 is 2.39 bits per heavy atom. The molecule has 0 aliphatic heterocycles. The van der Waals surface area contributed by atoms with Gasteiger partial charge in [-0.3, -0.25) is 4.79 Å². The molecule has 1 N–H and O–H groups in total. The first-order valence-corrected chi connectivity index (χ1v) is 6.92. The molecule has 0 saturated heterocycles. The fourth-order valence-electron chi connectivity index (χ4n) is 2.20. The highest BCUT2D eigenvalue weighted by Crippen LogP contribution is 2.39. The van der Waals surface area contributed by atoms with E-state index in [4.69, 9.17) is 14.2 Å². The Morgan fingerprint density at radius 1 is 1.04 bits per heavy atom. The summed E-state index contributed by atoms with van der Waals surface area (Å²) in [6.45, 7) is 0.202. The second-order valence-electron chi connectivity index (χ2n) is 4.69. The van der Waals surface area contributed by atoms with Crippen LogP contribution in [0.1, 0.15) is 15.9 Å². The number of carbonyl (C=O) groups excluding carboxylic acids is 1. The highest BCUT2D eigenvalue weighted by molar-refractivity contribution is 5.98. The van der Waals surface area contributed by atoms with E-state index >= 15 is 0 Å². The van der Waals surface area contributed by atoms with Crippen molar-refractivity contribution in [2.24, 2.45) is 0 Å². The first kappa shape index (κ1) is 16.6. The number of hydrogen-bond donors (Lipinski definition) is 1. The lowest BCUT2D eigenvalue weighted by atomic mass is 10.1. The molecule has 0 unspecified atom stereocenters. The number of halogens is 1. The van der Waals surface area contributed by atoms with Crippen LogP contribution in [0, 0.1) is 5.82 Å². The SMILES string of the molecule is COc1ccc(C(=O)NCc2cccc(F)c2)c(OC)c1OC. The summed E-state index contributed by atoms with van der Waals surface area (Å²) in [6.07, 6.45) is 0. The molecular weight excluding hydrogens is 301 g/mol. The third-order valence-electron chi connectivity index (χ3n) is 3.29. The number of benzene rings is 2. The zero-order chi connectivity index (χ0) is 16.8. The predicted octanol–water partition coefficient (Wildman–Crippen LogP) is 2.78. The maximum Gasteiger partial charge on any atom is 0.255 e. The van der Waals surface area contributed by atoms with E-state index in [-0.39, 0.29) is 24.0 Å². The van der Waals surface area contributed by atoms with Crippen molar-refractivity contribution in [3.63, 3.8) is 0 Å². The lowest BCUT2D eigenvalue weighted by Gasteiger charge is -2.15. The van der Waals surface area contributed by atoms with Crippen LogP contribution in [-0.4, -0.2) is 27.2 Å². The molecule has 5 nitrogen and oxygen atoms in total. The molecule has 0 bridgehead atoms. The first-order valence-electron chi connectivity index (χ1n) is 6.92. The monoisotopic (exact) mass is 319 g/mol. The van der Waals surface area contributed by atoms with Gasteiger partial charge in [-0.05, 0) is 29.8 Å². The summed E-state index contributed by atoms with van der Waals surface area (Å²) in [5, 5.41) is 2.72. The topological polar surface area (TPSA) is 56.8 Å². The van der Waals surface area contributed by atoms with E-state index in [2.05, 4.69) is 5.32 Å². The molecule has 0 aliphatic carbocycles. The fourth-order valence-corrected chi connectivity index (χ4v) is 2.20. The molecule has 0 fully saturated rings. The van der Waals surface area contributed by atoms with Crippen LogP contribution in [0.5, 0.6) is 17.2 Å². The van der Waals surface area contributed by atoms with Crippen LogP contribution in [0.4, 0.5) is 4.39 Å². The number of amides is 1. The van der Waals surface area contributed by atoms with Crippen molar-refractivity contribution >= 4 is 5.91 Å². The van der Waals surface area contributed by atoms with Crippen molar-refractivity contribution in [3.05, 3.63) is 53.3 Å². The second-order valence-corrected chi connectivity index (χ2v) is 4.69. The Kier molecular flexibility index (Phi) is 5.41. The molecular formula is C17H18FNO4. The molecule has 0 radical (unpaired) electrons. The molecule has 0 aromatic heterocycles. The Bertz CT molecular complexity index is 703. The summed E-state index contributed by atoms with van der Waals surface area (Å²) in [6, 6.07) is 9.25. The highest BCUT2D eigenvalue weighted by atomic mass is 19.1. The molecule has 0 atom stereocenters. The molecule has 2 rings (SSSR count). The van der Waals surface area contributed by atoms with Gasteiger partial charge in [-0.15, -0.1) is 0 Å². The molecule has 0 saturated carbocycles. The van der Waals surface area contributed by atoms with E-state index in [9.17, 15) is 9.18 Å². The molecule has 0 aliphatic rings. The van der Waals surface area contributed by atoms with Crippen LogP contribution < -0.4 is 19.5 Å². The van der Waals surface area contributed by atoms with Gasteiger partial charge in [-0.25, -0.2) is 4.39 Å². The Morgan fingerprint density at radius 2 is 1.78 bits per heavy atom. The number of nitrogens with one attached hydrogen (secondary N) is 1. The summed E-state index contributed by atoms with van der Waals surface area (Å²) >= 11 is 0. The van der Waals surface area contributed by atoms with Gasteiger partial charge < -0.3 is 19.5 Å². The van der Waals surface area contributed by atoms with Crippen LogP contribution in [0.2, 0.25) is 0 Å². The van der Waals surface area contributed by atoms with Crippen molar-refractivity contribution in [1.29, 1.82) is 0 Å². The Hall–Kier alpha value is -2.76. The minimum absolute atomic E-state index is 0.202. The summed E-state index contributed by atoms with van der Waals surface area (Å²) in [7, 11) is 4.41. The van der Waals surface area contributed by atoms with E-state index in [1.54, 1.807) is 24.3 Å². The average Bonchev–Trinajstić information content (AvgIpc) is 2.58. The van der Waals surface area contributed by atoms with Crippen LogP contribution in [-0.2, 0) is 6.54 Å². The van der Waals surface area contributed by atoms with Crippen LogP contribution in [0.15, 0.2) is 36.4 Å². The molecule has 1 amide bonds. The van der Waals surface area contributed by atoms with Gasteiger partial charge in [-0.2, -0.15) is 0 Å². The quantitative estimate of drug-likeness (QED) is 0.889. The maximum atomic E-state index is 13.2. The van der Waals surface area contributed by atoms with E-state index in [1.807, 2.05) is 0 Å². The summed E-state index contributed by atoms with van der Waals surface area (Å²) < 4.78 is 28.9. The van der Waals surface area contributed by atoms with Gasteiger partial charge in [0.25, 0.3) is 5.91 Å². The molecule has 0 heterocycles. The molecule has 2 aromatic carbocycles. The zero-order valence-electron chi connectivity index (χ0n) is 13.2. The molecule has 0 spiro atoms. The van der Waals surface area contributed by atoms with E-state index in [0.717, 1.165) is 0 Å². The highest BCUT2D eigenvalue weighted by Gasteiger charge is 2.20. The lowest BCUT2D eigenvalue weighted by Crippen LogP contribution is -2.23. The summed E-state index contributed by atoms with van der Waals surface area (Å²) in [5.41, 5.74) is 0.972. The number of methoxy groups -OCH3 is 3. The Balaban J connectivity index is 2.22. The molecule has 6 heteroatoms.